The second-order valence-electron chi connectivity index (χ2n) is 3.02. The molecule has 0 atom stereocenters. The van der Waals surface area contributed by atoms with Crippen LogP contribution in [0.25, 0.3) is 11.2 Å². The first-order valence-corrected chi connectivity index (χ1v) is 4.33. The van der Waals surface area contributed by atoms with Crippen molar-refractivity contribution in [2.75, 3.05) is 0 Å². The zero-order valence-corrected chi connectivity index (χ0v) is 8.42. The average Bonchev–Trinajstić information content (AvgIpc) is 2.48. The molecule has 15 heavy (non-hydrogen) atoms. The molecule has 0 fully saturated rings. The van der Waals surface area contributed by atoms with Gasteiger partial charge in [-0.15, -0.1) is 0 Å². The Morgan fingerprint density at radius 3 is 2.60 bits per heavy atom. The molecule has 0 aromatic carbocycles. The fourth-order valence-electron chi connectivity index (χ4n) is 1.45. The maximum Gasteiger partial charge on any atom is 0.330 e. The normalized spacial score (nSPS) is 10.3. The van der Waals surface area contributed by atoms with E-state index in [1.165, 1.54) is 4.57 Å². The third kappa shape index (κ3) is 1.57. The second kappa shape index (κ2) is 3.70. The van der Waals surface area contributed by atoms with Crippen LogP contribution in [0, 0.1) is 6.92 Å². The van der Waals surface area contributed by atoms with E-state index in [2.05, 4.69) is 15.0 Å². The van der Waals surface area contributed by atoms with E-state index in [-0.39, 0.29) is 5.48 Å². The molecule has 0 radical (unpaired) electrons. The summed E-state index contributed by atoms with van der Waals surface area (Å²) in [4.78, 5) is 31.8. The fourth-order valence-corrected chi connectivity index (χ4v) is 1.45. The van der Waals surface area contributed by atoms with E-state index < -0.39 is 11.2 Å². The summed E-state index contributed by atoms with van der Waals surface area (Å²) in [5.41, 5.74) is -0.0745. The van der Waals surface area contributed by atoms with Crippen molar-refractivity contribution in [2.24, 2.45) is 0 Å². The molecule has 82 valence electrons. The molecule has 0 unspecified atom stereocenters. The Labute approximate surface area is 84.1 Å². The molecule has 2 aromatic heterocycles. The van der Waals surface area contributed by atoms with E-state index >= 15 is 0 Å². The van der Waals surface area contributed by atoms with Crippen molar-refractivity contribution in [2.45, 2.75) is 20.4 Å². The Morgan fingerprint density at radius 2 is 2.00 bits per heavy atom. The molecule has 0 saturated heterocycles. The quantitative estimate of drug-likeness (QED) is 0.626. The van der Waals surface area contributed by atoms with E-state index in [1.54, 1.807) is 6.92 Å². The summed E-state index contributed by atoms with van der Waals surface area (Å²) in [5, 5.41) is 0. The van der Waals surface area contributed by atoms with E-state index in [4.69, 9.17) is 0 Å². The Kier molecular flexibility index (Phi) is 2.76. The van der Waals surface area contributed by atoms with E-state index in [0.29, 0.717) is 23.5 Å². The van der Waals surface area contributed by atoms with Gasteiger partial charge in [0.05, 0.1) is 0 Å². The van der Waals surface area contributed by atoms with Gasteiger partial charge in [0.2, 0.25) is 0 Å². The van der Waals surface area contributed by atoms with Crippen LogP contribution in [0.1, 0.15) is 12.7 Å². The molecule has 7 nitrogen and oxygen atoms in total. The van der Waals surface area contributed by atoms with Crippen LogP contribution in [-0.4, -0.2) is 25.0 Å². The zero-order chi connectivity index (χ0) is 10.3. The van der Waals surface area contributed by atoms with Gasteiger partial charge in [-0.3, -0.25) is 14.3 Å². The molecular weight excluding hydrogens is 200 g/mol. The van der Waals surface area contributed by atoms with Crippen molar-refractivity contribution in [1.82, 2.24) is 19.5 Å². The van der Waals surface area contributed by atoms with E-state index in [1.807, 2.05) is 6.92 Å². The lowest BCUT2D eigenvalue weighted by Crippen LogP contribution is -2.29. The van der Waals surface area contributed by atoms with Crippen molar-refractivity contribution in [3.63, 3.8) is 0 Å². The molecule has 0 aliphatic rings. The summed E-state index contributed by atoms with van der Waals surface area (Å²) in [7, 11) is 0. The highest BCUT2D eigenvalue weighted by molar-refractivity contribution is 5.69. The van der Waals surface area contributed by atoms with Gasteiger partial charge in [-0.25, -0.2) is 9.78 Å². The molecule has 2 rings (SSSR count). The molecule has 0 saturated carbocycles. The molecular formula is C8H12N4O3. The Balaban J connectivity index is 0.00000112. The molecule has 0 bridgehead atoms. The topological polar surface area (TPSA) is 115 Å². The van der Waals surface area contributed by atoms with Gasteiger partial charge in [0.25, 0.3) is 5.56 Å². The highest BCUT2D eigenvalue weighted by atomic mass is 16.2. The number of nitrogens with one attached hydrogen (secondary N) is 2. The van der Waals surface area contributed by atoms with Gasteiger partial charge in [0.15, 0.2) is 5.65 Å². The van der Waals surface area contributed by atoms with Crippen molar-refractivity contribution in [3.8, 4) is 0 Å². The van der Waals surface area contributed by atoms with Crippen molar-refractivity contribution >= 4 is 11.2 Å². The minimum Gasteiger partial charge on any atom is -0.412 e. The third-order valence-electron chi connectivity index (χ3n) is 2.07. The zero-order valence-electron chi connectivity index (χ0n) is 8.42. The predicted molar refractivity (Wildman–Crippen MR) is 55.0 cm³/mol. The molecule has 2 heterocycles. The van der Waals surface area contributed by atoms with Crippen LogP contribution in [0.15, 0.2) is 9.59 Å². The number of fused-ring (bicyclic) bond motifs is 1. The SMILES string of the molecule is CCn1c(=O)[nH]c(=O)c2[nH]c(C)nc21.O. The Bertz CT molecular complexity index is 592. The third-order valence-corrected chi connectivity index (χ3v) is 2.07. The Morgan fingerprint density at radius 1 is 1.33 bits per heavy atom. The minimum absolute atomic E-state index is 0. The number of aromatic amines is 2. The van der Waals surface area contributed by atoms with Crippen LogP contribution in [0.2, 0.25) is 0 Å². The fraction of sp³-hybridized carbons (Fsp3) is 0.375. The number of aromatic nitrogens is 4. The standard InChI is InChI=1S/C8H10N4O2.H2O/c1-3-12-6-5(9-4(2)10-6)7(13)11-8(12)14;/h3H2,1-2H3,(H,9,10)(H,11,13,14);1H2. The number of H-pyrrole nitrogens is 2. The summed E-state index contributed by atoms with van der Waals surface area (Å²) < 4.78 is 1.42. The van der Waals surface area contributed by atoms with Crippen molar-refractivity contribution < 1.29 is 5.48 Å². The highest BCUT2D eigenvalue weighted by Crippen LogP contribution is 2.02. The van der Waals surface area contributed by atoms with Crippen LogP contribution < -0.4 is 11.2 Å². The van der Waals surface area contributed by atoms with Gasteiger partial charge < -0.3 is 10.5 Å². The number of aryl methyl sites for hydroxylation is 2. The first-order valence-electron chi connectivity index (χ1n) is 4.33. The van der Waals surface area contributed by atoms with Crippen LogP contribution >= 0.6 is 0 Å². The lowest BCUT2D eigenvalue weighted by atomic mass is 10.5. The lowest BCUT2D eigenvalue weighted by molar-refractivity contribution is 0.719. The van der Waals surface area contributed by atoms with Crippen LogP contribution in [0.3, 0.4) is 0 Å². The first-order chi connectivity index (χ1) is 6.63. The van der Waals surface area contributed by atoms with E-state index in [0.717, 1.165) is 0 Å². The summed E-state index contributed by atoms with van der Waals surface area (Å²) in [6, 6.07) is 0. The van der Waals surface area contributed by atoms with Crippen molar-refractivity contribution in [3.05, 3.63) is 26.7 Å². The molecule has 4 N–H and O–H groups in total. The van der Waals surface area contributed by atoms with Gasteiger partial charge in [0.1, 0.15) is 11.3 Å². The summed E-state index contributed by atoms with van der Waals surface area (Å²) in [5.74, 6) is 0.623. The summed E-state index contributed by atoms with van der Waals surface area (Å²) in [6.45, 7) is 4.05. The van der Waals surface area contributed by atoms with Crippen LogP contribution in [-0.2, 0) is 6.54 Å². The number of hydrogen-bond acceptors (Lipinski definition) is 3. The number of nitrogens with zero attached hydrogens (tertiary/aromatic N) is 2. The van der Waals surface area contributed by atoms with Crippen LogP contribution in [0.5, 0.6) is 0 Å². The first kappa shape index (κ1) is 11.2. The lowest BCUT2D eigenvalue weighted by Gasteiger charge is -1.99. The van der Waals surface area contributed by atoms with Gasteiger partial charge in [-0.05, 0) is 13.8 Å². The Hall–Kier alpha value is -1.89. The predicted octanol–water partition coefficient (Wildman–Crippen LogP) is -1.08. The maximum absolute atomic E-state index is 11.3. The monoisotopic (exact) mass is 212 g/mol. The maximum atomic E-state index is 11.3. The van der Waals surface area contributed by atoms with Gasteiger partial charge in [-0.1, -0.05) is 0 Å². The van der Waals surface area contributed by atoms with Crippen molar-refractivity contribution in [1.29, 1.82) is 0 Å². The molecule has 7 heteroatoms. The summed E-state index contributed by atoms with van der Waals surface area (Å²) in [6.07, 6.45) is 0. The smallest absolute Gasteiger partial charge is 0.330 e. The van der Waals surface area contributed by atoms with Crippen LogP contribution in [0.4, 0.5) is 0 Å². The van der Waals surface area contributed by atoms with Gasteiger partial charge in [-0.2, -0.15) is 0 Å². The highest BCUT2D eigenvalue weighted by Gasteiger charge is 2.09. The number of rotatable bonds is 1. The average molecular weight is 212 g/mol. The number of imidazole rings is 1. The second-order valence-corrected chi connectivity index (χ2v) is 3.02. The molecule has 2 aromatic rings. The number of hydrogen-bond donors (Lipinski definition) is 2. The largest absolute Gasteiger partial charge is 0.412 e. The molecule has 0 aliphatic carbocycles. The molecule has 0 amide bonds. The molecule has 0 aliphatic heterocycles. The van der Waals surface area contributed by atoms with E-state index in [9.17, 15) is 9.59 Å². The summed E-state index contributed by atoms with van der Waals surface area (Å²) >= 11 is 0. The minimum atomic E-state index is -0.421. The van der Waals surface area contributed by atoms with Gasteiger partial charge in [0, 0.05) is 6.54 Å². The van der Waals surface area contributed by atoms with Gasteiger partial charge >= 0.3 is 5.69 Å². The molecule has 0 spiro atoms.